The van der Waals surface area contributed by atoms with Gasteiger partial charge in [-0.1, -0.05) is 75.3 Å². The van der Waals surface area contributed by atoms with Gasteiger partial charge in [-0.3, -0.25) is 4.99 Å². The summed E-state index contributed by atoms with van der Waals surface area (Å²) in [4.78, 5) is 4.69. The van der Waals surface area contributed by atoms with Crippen molar-refractivity contribution in [1.29, 1.82) is 0 Å². The van der Waals surface area contributed by atoms with E-state index in [2.05, 4.69) is 66.7 Å². The quantitative estimate of drug-likeness (QED) is 0.647. The topological polar surface area (TPSA) is 12.4 Å². The maximum Gasteiger partial charge on any atom is 0.0427 e. The standard InChI is InChI=1S/C20H18NP/c1-2-9-16-15(7-1)8-5-13-19(16)22-20-12-4-3-10-17(20)18-11-6-14-21-18/h1-5,7-10,12-13,22H,6,11,14H2. The van der Waals surface area contributed by atoms with Gasteiger partial charge in [0.05, 0.1) is 0 Å². The van der Waals surface area contributed by atoms with Crippen molar-refractivity contribution in [2.45, 2.75) is 12.8 Å². The molecule has 3 aromatic carbocycles. The molecule has 0 spiro atoms. The SMILES string of the molecule is c1ccc(C2=NCCC2)c(Pc2cccc3ccccc23)c1. The van der Waals surface area contributed by atoms with Crippen molar-refractivity contribution in [3.8, 4) is 0 Å². The van der Waals surface area contributed by atoms with E-state index in [9.17, 15) is 0 Å². The fourth-order valence-electron chi connectivity index (χ4n) is 3.08. The second kappa shape index (κ2) is 6.02. The van der Waals surface area contributed by atoms with Gasteiger partial charge in [-0.25, -0.2) is 0 Å². The van der Waals surface area contributed by atoms with Gasteiger partial charge in [-0.15, -0.1) is 0 Å². The van der Waals surface area contributed by atoms with E-state index in [-0.39, 0.29) is 0 Å². The van der Waals surface area contributed by atoms with E-state index < -0.39 is 0 Å². The summed E-state index contributed by atoms with van der Waals surface area (Å²) in [7, 11) is 0.675. The Morgan fingerprint density at radius 2 is 1.55 bits per heavy atom. The second-order valence-electron chi connectivity index (χ2n) is 5.63. The molecule has 0 fully saturated rings. The number of nitrogens with zero attached hydrogens (tertiary/aromatic N) is 1. The molecule has 1 atom stereocenters. The first-order valence-corrected chi connectivity index (χ1v) is 8.79. The van der Waals surface area contributed by atoms with Crippen molar-refractivity contribution in [3.05, 3.63) is 72.3 Å². The average molecular weight is 303 g/mol. The number of hydrogen-bond acceptors (Lipinski definition) is 1. The molecule has 1 aliphatic rings. The Morgan fingerprint density at radius 1 is 0.773 bits per heavy atom. The Hall–Kier alpha value is -1.98. The van der Waals surface area contributed by atoms with Crippen LogP contribution >= 0.6 is 8.58 Å². The predicted molar refractivity (Wildman–Crippen MR) is 98.6 cm³/mol. The zero-order valence-electron chi connectivity index (χ0n) is 12.4. The van der Waals surface area contributed by atoms with Crippen molar-refractivity contribution in [3.63, 3.8) is 0 Å². The van der Waals surface area contributed by atoms with Crippen LogP contribution in [0.1, 0.15) is 18.4 Å². The molecule has 0 radical (unpaired) electrons. The molecule has 4 rings (SSSR count). The lowest BCUT2D eigenvalue weighted by Crippen LogP contribution is -2.13. The smallest absolute Gasteiger partial charge is 0.0427 e. The Labute approximate surface area is 132 Å². The molecule has 0 aliphatic carbocycles. The van der Waals surface area contributed by atoms with E-state index in [0.29, 0.717) is 8.58 Å². The zero-order valence-corrected chi connectivity index (χ0v) is 13.4. The van der Waals surface area contributed by atoms with Gasteiger partial charge in [0.1, 0.15) is 0 Å². The van der Waals surface area contributed by atoms with E-state index in [4.69, 9.17) is 4.99 Å². The van der Waals surface area contributed by atoms with Crippen molar-refractivity contribution < 1.29 is 0 Å². The maximum atomic E-state index is 4.69. The molecule has 0 bridgehead atoms. The van der Waals surface area contributed by atoms with Gasteiger partial charge in [0, 0.05) is 17.8 Å². The lowest BCUT2D eigenvalue weighted by Gasteiger charge is -2.11. The Morgan fingerprint density at radius 3 is 2.45 bits per heavy atom. The van der Waals surface area contributed by atoms with Crippen molar-refractivity contribution in [2.75, 3.05) is 6.54 Å². The van der Waals surface area contributed by atoms with Crippen LogP contribution in [0.2, 0.25) is 0 Å². The van der Waals surface area contributed by atoms with E-state index in [1.807, 2.05) is 0 Å². The summed E-state index contributed by atoms with van der Waals surface area (Å²) in [5.74, 6) is 0. The predicted octanol–water partition coefficient (Wildman–Crippen LogP) is 4.05. The van der Waals surface area contributed by atoms with Crippen LogP contribution in [0, 0.1) is 0 Å². The number of fused-ring (bicyclic) bond motifs is 1. The average Bonchev–Trinajstić information content (AvgIpc) is 3.10. The summed E-state index contributed by atoms with van der Waals surface area (Å²) in [5.41, 5.74) is 2.65. The molecule has 0 N–H and O–H groups in total. The fourth-order valence-corrected chi connectivity index (χ4v) is 4.46. The lowest BCUT2D eigenvalue weighted by atomic mass is 10.1. The first-order chi connectivity index (χ1) is 10.9. The summed E-state index contributed by atoms with van der Waals surface area (Å²) < 4.78 is 0. The molecule has 1 aliphatic heterocycles. The Balaban J connectivity index is 1.77. The molecule has 1 nitrogen and oxygen atoms in total. The number of aliphatic imine (C=N–C) groups is 1. The monoisotopic (exact) mass is 303 g/mol. The maximum absolute atomic E-state index is 4.69. The van der Waals surface area contributed by atoms with Crippen LogP contribution < -0.4 is 10.6 Å². The molecule has 108 valence electrons. The molecule has 2 heteroatoms. The van der Waals surface area contributed by atoms with Gasteiger partial charge in [0.15, 0.2) is 0 Å². The van der Waals surface area contributed by atoms with Crippen LogP contribution in [0.3, 0.4) is 0 Å². The highest BCUT2D eigenvalue weighted by molar-refractivity contribution is 7.56. The van der Waals surface area contributed by atoms with Crippen LogP contribution in [-0.2, 0) is 0 Å². The van der Waals surface area contributed by atoms with Crippen LogP contribution in [0.5, 0.6) is 0 Å². The van der Waals surface area contributed by atoms with E-state index in [1.54, 1.807) is 0 Å². The first-order valence-electron chi connectivity index (χ1n) is 7.79. The van der Waals surface area contributed by atoms with Crippen molar-refractivity contribution >= 4 is 35.7 Å². The molecule has 0 amide bonds. The van der Waals surface area contributed by atoms with E-state index in [0.717, 1.165) is 13.0 Å². The molecule has 3 aromatic rings. The van der Waals surface area contributed by atoms with Gasteiger partial charge < -0.3 is 0 Å². The van der Waals surface area contributed by atoms with Crippen LogP contribution in [0.15, 0.2) is 71.7 Å². The number of rotatable bonds is 3. The highest BCUT2D eigenvalue weighted by Crippen LogP contribution is 2.22. The highest BCUT2D eigenvalue weighted by atomic mass is 31.1. The number of hydrogen-bond donors (Lipinski definition) is 0. The minimum Gasteiger partial charge on any atom is -0.289 e. The first kappa shape index (κ1) is 13.7. The van der Waals surface area contributed by atoms with Gasteiger partial charge >= 0.3 is 0 Å². The molecular weight excluding hydrogens is 285 g/mol. The molecule has 1 unspecified atom stereocenters. The summed E-state index contributed by atoms with van der Waals surface area (Å²) in [6, 6.07) is 24.0. The fraction of sp³-hybridized carbons (Fsp3) is 0.150. The molecular formula is C20H18NP. The van der Waals surface area contributed by atoms with Crippen molar-refractivity contribution in [2.24, 2.45) is 4.99 Å². The molecule has 1 heterocycles. The number of benzene rings is 3. The van der Waals surface area contributed by atoms with Gasteiger partial charge in [0.25, 0.3) is 0 Å². The van der Waals surface area contributed by atoms with Gasteiger partial charge in [0.2, 0.25) is 0 Å². The van der Waals surface area contributed by atoms with Crippen LogP contribution in [-0.4, -0.2) is 12.3 Å². The third kappa shape index (κ3) is 2.58. The van der Waals surface area contributed by atoms with E-state index in [1.165, 1.54) is 39.1 Å². The Kier molecular flexibility index (Phi) is 3.74. The summed E-state index contributed by atoms with van der Waals surface area (Å²) in [5, 5.41) is 5.53. The lowest BCUT2D eigenvalue weighted by molar-refractivity contribution is 0.951. The molecule has 0 aromatic heterocycles. The van der Waals surface area contributed by atoms with Crippen LogP contribution in [0.25, 0.3) is 10.8 Å². The largest absolute Gasteiger partial charge is 0.289 e. The van der Waals surface area contributed by atoms with Gasteiger partial charge in [-0.05, 0) is 34.2 Å². The Bertz CT molecular complexity index is 846. The molecule has 22 heavy (non-hydrogen) atoms. The van der Waals surface area contributed by atoms with Crippen molar-refractivity contribution in [1.82, 2.24) is 0 Å². The minimum atomic E-state index is 0.675. The van der Waals surface area contributed by atoms with Gasteiger partial charge in [-0.2, -0.15) is 0 Å². The zero-order chi connectivity index (χ0) is 14.8. The minimum absolute atomic E-state index is 0.675. The molecule has 0 saturated carbocycles. The third-order valence-corrected chi connectivity index (χ3v) is 5.58. The second-order valence-corrected chi connectivity index (χ2v) is 6.96. The summed E-state index contributed by atoms with van der Waals surface area (Å²) >= 11 is 0. The van der Waals surface area contributed by atoms with E-state index >= 15 is 0 Å². The normalized spacial score (nSPS) is 14.8. The van der Waals surface area contributed by atoms with Crippen LogP contribution in [0.4, 0.5) is 0 Å². The molecule has 0 saturated heterocycles. The highest BCUT2D eigenvalue weighted by Gasteiger charge is 2.13. The third-order valence-electron chi connectivity index (χ3n) is 4.17. The summed E-state index contributed by atoms with van der Waals surface area (Å²) in [6.07, 6.45) is 2.32. The summed E-state index contributed by atoms with van der Waals surface area (Å²) in [6.45, 7) is 0.987.